The number of nitrogens with zero attached hydrogens (tertiary/aromatic N) is 2. The van der Waals surface area contributed by atoms with Gasteiger partial charge in [0.05, 0.1) is 11.1 Å². The van der Waals surface area contributed by atoms with Gasteiger partial charge >= 0.3 is 0 Å². The Hall–Kier alpha value is -1.43. The van der Waals surface area contributed by atoms with Crippen molar-refractivity contribution in [3.05, 3.63) is 35.4 Å². The second-order valence-corrected chi connectivity index (χ2v) is 6.76. The maximum absolute atomic E-state index is 12.3. The average Bonchev–Trinajstić information content (AvgIpc) is 3.22. The van der Waals surface area contributed by atoms with Crippen molar-refractivity contribution in [2.75, 3.05) is 39.3 Å². The van der Waals surface area contributed by atoms with Crippen LogP contribution >= 0.6 is 12.4 Å². The zero-order chi connectivity index (χ0) is 15.2. The summed E-state index contributed by atoms with van der Waals surface area (Å²) in [5.41, 5.74) is 1.53. The Morgan fingerprint density at radius 2 is 1.74 bits per heavy atom. The van der Waals surface area contributed by atoms with Crippen LogP contribution in [0, 0.1) is 5.41 Å². The van der Waals surface area contributed by atoms with E-state index in [1.807, 2.05) is 12.1 Å². The number of carbonyl (C=O) groups excluding carboxylic acids is 2. The number of hydrogen-bond donors (Lipinski definition) is 1. The van der Waals surface area contributed by atoms with Crippen molar-refractivity contribution in [2.24, 2.45) is 5.41 Å². The van der Waals surface area contributed by atoms with Crippen molar-refractivity contribution in [2.45, 2.75) is 12.8 Å². The van der Waals surface area contributed by atoms with E-state index in [9.17, 15) is 9.59 Å². The highest BCUT2D eigenvalue weighted by Gasteiger charge is 2.41. The number of fused-ring (bicyclic) bond motifs is 1. The number of imide groups is 1. The minimum atomic E-state index is -0.142. The summed E-state index contributed by atoms with van der Waals surface area (Å²) in [7, 11) is 0. The van der Waals surface area contributed by atoms with Crippen molar-refractivity contribution in [1.29, 1.82) is 0 Å². The van der Waals surface area contributed by atoms with Gasteiger partial charge in [-0.3, -0.25) is 14.5 Å². The summed E-state index contributed by atoms with van der Waals surface area (Å²) in [5.74, 6) is -0.283. The zero-order valence-corrected chi connectivity index (χ0v) is 13.9. The van der Waals surface area contributed by atoms with Crippen molar-refractivity contribution in [1.82, 2.24) is 15.1 Å². The molecule has 1 aromatic carbocycles. The lowest BCUT2D eigenvalue weighted by Gasteiger charge is -2.24. The molecular formula is C17H22ClN3O2. The Kier molecular flexibility index (Phi) is 4.45. The highest BCUT2D eigenvalue weighted by molar-refractivity contribution is 6.21. The van der Waals surface area contributed by atoms with Gasteiger partial charge in [-0.05, 0) is 43.5 Å². The van der Waals surface area contributed by atoms with Gasteiger partial charge in [-0.2, -0.15) is 0 Å². The summed E-state index contributed by atoms with van der Waals surface area (Å²) in [5, 5.41) is 3.45. The Labute approximate surface area is 142 Å². The Balaban J connectivity index is 0.00000156. The lowest BCUT2D eigenvalue weighted by molar-refractivity contribution is 0.0639. The molecule has 3 heterocycles. The number of likely N-dealkylation sites (tertiary alicyclic amines) is 1. The van der Waals surface area contributed by atoms with Crippen LogP contribution in [-0.4, -0.2) is 60.9 Å². The number of nitrogens with one attached hydrogen (secondary N) is 1. The first-order valence-corrected chi connectivity index (χ1v) is 8.07. The van der Waals surface area contributed by atoms with E-state index in [2.05, 4.69) is 10.2 Å². The molecule has 3 aliphatic heterocycles. The first-order chi connectivity index (χ1) is 10.7. The summed E-state index contributed by atoms with van der Waals surface area (Å²) in [6, 6.07) is 7.10. The van der Waals surface area contributed by atoms with Crippen LogP contribution in [0.2, 0.25) is 0 Å². The third-order valence-electron chi connectivity index (χ3n) is 5.37. The van der Waals surface area contributed by atoms with Crippen LogP contribution in [-0.2, 0) is 0 Å². The Morgan fingerprint density at radius 3 is 2.35 bits per heavy atom. The van der Waals surface area contributed by atoms with E-state index in [1.165, 1.54) is 17.7 Å². The molecule has 1 N–H and O–H groups in total. The van der Waals surface area contributed by atoms with Crippen LogP contribution in [0.15, 0.2) is 24.3 Å². The summed E-state index contributed by atoms with van der Waals surface area (Å²) in [6.07, 6.45) is 2.47. The molecule has 2 amide bonds. The van der Waals surface area contributed by atoms with Crippen LogP contribution in [0.3, 0.4) is 0 Å². The molecule has 1 spiro atoms. The minimum absolute atomic E-state index is 0. The van der Waals surface area contributed by atoms with Gasteiger partial charge in [0.25, 0.3) is 11.8 Å². The molecule has 1 aromatic rings. The monoisotopic (exact) mass is 335 g/mol. The molecule has 2 saturated heterocycles. The molecule has 1 atom stereocenters. The van der Waals surface area contributed by atoms with Crippen molar-refractivity contribution in [3.63, 3.8) is 0 Å². The van der Waals surface area contributed by atoms with Gasteiger partial charge in [-0.25, -0.2) is 0 Å². The Morgan fingerprint density at radius 1 is 1.04 bits per heavy atom. The number of rotatable bonds is 3. The van der Waals surface area contributed by atoms with Crippen LogP contribution in [0.1, 0.15) is 33.6 Å². The van der Waals surface area contributed by atoms with E-state index in [0.29, 0.717) is 23.1 Å². The molecular weight excluding hydrogens is 314 g/mol. The molecule has 3 aliphatic rings. The molecule has 4 rings (SSSR count). The van der Waals surface area contributed by atoms with E-state index in [-0.39, 0.29) is 24.2 Å². The maximum atomic E-state index is 12.3. The van der Waals surface area contributed by atoms with Crippen LogP contribution < -0.4 is 5.32 Å². The smallest absolute Gasteiger partial charge is 0.261 e. The molecule has 5 nitrogen and oxygen atoms in total. The molecule has 1 unspecified atom stereocenters. The highest BCUT2D eigenvalue weighted by Crippen LogP contribution is 2.35. The quantitative estimate of drug-likeness (QED) is 0.848. The van der Waals surface area contributed by atoms with Crippen molar-refractivity contribution in [3.8, 4) is 0 Å². The van der Waals surface area contributed by atoms with E-state index < -0.39 is 0 Å². The van der Waals surface area contributed by atoms with Crippen molar-refractivity contribution < 1.29 is 9.59 Å². The molecule has 0 saturated carbocycles. The highest BCUT2D eigenvalue weighted by atomic mass is 35.5. The largest absolute Gasteiger partial charge is 0.316 e. The molecule has 0 aliphatic carbocycles. The molecule has 124 valence electrons. The third kappa shape index (κ3) is 2.77. The van der Waals surface area contributed by atoms with E-state index in [1.54, 1.807) is 12.1 Å². The van der Waals surface area contributed by atoms with Gasteiger partial charge in [0.1, 0.15) is 0 Å². The molecule has 2 fully saturated rings. The van der Waals surface area contributed by atoms with Crippen molar-refractivity contribution >= 4 is 24.2 Å². The SMILES string of the molecule is Cl.O=C1c2ccccc2C(=O)N1CCN1CCC2(CCNC2)C1. The summed E-state index contributed by atoms with van der Waals surface area (Å²) >= 11 is 0. The number of benzene rings is 1. The minimum Gasteiger partial charge on any atom is -0.316 e. The van der Waals surface area contributed by atoms with Crippen LogP contribution in [0.4, 0.5) is 0 Å². The number of carbonyl (C=O) groups is 2. The summed E-state index contributed by atoms with van der Waals surface area (Å²) in [6.45, 7) is 5.67. The zero-order valence-electron chi connectivity index (χ0n) is 13.1. The predicted octanol–water partition coefficient (Wildman–Crippen LogP) is 1.39. The standard InChI is InChI=1S/C17H21N3O2.ClH/c21-15-13-3-1-2-4-14(13)16(22)20(15)10-9-19-8-6-17(12-19)5-7-18-11-17;/h1-4,18H,5-12H2;1H. The summed E-state index contributed by atoms with van der Waals surface area (Å²) in [4.78, 5) is 28.5. The van der Waals surface area contributed by atoms with Gasteiger partial charge in [0.15, 0.2) is 0 Å². The van der Waals surface area contributed by atoms with Gasteiger partial charge in [0.2, 0.25) is 0 Å². The van der Waals surface area contributed by atoms with Gasteiger partial charge < -0.3 is 10.2 Å². The lowest BCUT2D eigenvalue weighted by atomic mass is 9.87. The van der Waals surface area contributed by atoms with E-state index in [4.69, 9.17) is 0 Å². The van der Waals surface area contributed by atoms with Crippen LogP contribution in [0.25, 0.3) is 0 Å². The predicted molar refractivity (Wildman–Crippen MR) is 90.0 cm³/mol. The molecule has 23 heavy (non-hydrogen) atoms. The van der Waals surface area contributed by atoms with Gasteiger partial charge in [-0.1, -0.05) is 12.1 Å². The van der Waals surface area contributed by atoms with Gasteiger partial charge in [-0.15, -0.1) is 12.4 Å². The second kappa shape index (κ2) is 6.23. The Bertz CT molecular complexity index is 593. The molecule has 0 radical (unpaired) electrons. The average molecular weight is 336 g/mol. The molecule has 6 heteroatoms. The van der Waals surface area contributed by atoms with E-state index >= 15 is 0 Å². The fraction of sp³-hybridized carbons (Fsp3) is 0.529. The number of amides is 2. The lowest BCUT2D eigenvalue weighted by Crippen LogP contribution is -2.38. The maximum Gasteiger partial charge on any atom is 0.261 e. The number of hydrogen-bond acceptors (Lipinski definition) is 4. The fourth-order valence-corrected chi connectivity index (χ4v) is 4.05. The second-order valence-electron chi connectivity index (χ2n) is 6.76. The third-order valence-corrected chi connectivity index (χ3v) is 5.37. The normalized spacial score (nSPS) is 26.9. The van der Waals surface area contributed by atoms with E-state index in [0.717, 1.165) is 32.7 Å². The summed E-state index contributed by atoms with van der Waals surface area (Å²) < 4.78 is 0. The molecule has 0 bridgehead atoms. The molecule has 0 aromatic heterocycles. The first-order valence-electron chi connectivity index (χ1n) is 8.07. The first kappa shape index (κ1) is 16.4. The topological polar surface area (TPSA) is 52.7 Å². The van der Waals surface area contributed by atoms with Gasteiger partial charge in [0, 0.05) is 26.2 Å². The number of halogens is 1. The van der Waals surface area contributed by atoms with Crippen LogP contribution in [0.5, 0.6) is 0 Å². The fourth-order valence-electron chi connectivity index (χ4n) is 4.05.